The molecule has 7 aromatic carbocycles. The summed E-state index contributed by atoms with van der Waals surface area (Å²) in [4.78, 5) is 70.7. The standard InChI is InChI=1S/C21H33N.C20H31N.C19H23NO.C18H26N2O.C18H23NO.C17H22N2O.C17H21NO2/c1-17-9-11-20(12-10-17)21(13-4-5-14-21)15-16-22-18(2)7-6-8-19(22)3;1-16-6-10-19(11-7-16)20(12-4-5-13-20)14-15-21-17(2)8-9-18(21)3;1-16-7-9-17(10-8-16)19(11-3-4-12-19)13-15-20-14-5-2-6-18(20)21;1-15-4-6-16(7-5-15)18(8-2-3-9-18)10-12-20-13-11-19-17(21)14-20;1-15-6-8-16(9-7-15)18(10-2-3-11-18)12-14-19-13-4-5-17(19)20;1-14-4-6-15(7-5-14)17(8-2-3-9-17)10-12-19-13-11-18-16(19)20;1-14-4-6-15(7-5-14)17(8-2-3-9-17)10-11-18-12-13-20-16(18)19/h9-12,18-19H,4-8,13-16H2,1-3H3;6-7,10-11,17-18H,4-5,8-9,12-15H2,1-3H3;2,5-10,14H,3-4,11-13,15H2,1H3;4-7H,2-3,8-14H2,1H3,(H,19,21);4-9H,2-3,10-14H2,1H3;4-7,11,13H,2-3,8-10,12H2,1H3,(H,18,20);4-7,12-13H,2-3,8-11H2,1H3. The van der Waals surface area contributed by atoms with E-state index in [4.69, 9.17) is 4.42 Å². The molecule has 3 saturated heterocycles. The molecule has 10 fully saturated rings. The molecule has 780 valence electrons. The Labute approximate surface area is 871 Å². The van der Waals surface area contributed by atoms with Crippen LogP contribution in [0, 0.1) is 48.5 Å². The van der Waals surface area contributed by atoms with Gasteiger partial charge in [0.1, 0.15) is 6.26 Å². The van der Waals surface area contributed by atoms with Gasteiger partial charge in [0.05, 0.1) is 6.54 Å². The number of likely N-dealkylation sites (tertiary alicyclic amines) is 2. The van der Waals surface area contributed by atoms with Crippen molar-refractivity contribution in [3.63, 3.8) is 0 Å². The van der Waals surface area contributed by atoms with Crippen LogP contribution in [0.3, 0.4) is 0 Å². The number of imidazole rings is 1. The number of carbonyl (C=O) groups is 2. The predicted octanol–water partition coefficient (Wildman–Crippen LogP) is 27.9. The average Bonchev–Trinajstić information content (AvgIpc) is 1.76. The highest BCUT2D eigenvalue weighted by Gasteiger charge is 2.44. The minimum absolute atomic E-state index is 0.00190. The van der Waals surface area contributed by atoms with Crippen LogP contribution in [0.2, 0.25) is 0 Å². The molecular formula is C130H179N9O6. The number of hydrogen-bond donors (Lipinski definition) is 2. The number of benzene rings is 7. The number of oxazole rings is 1. The van der Waals surface area contributed by atoms with E-state index < -0.39 is 0 Å². The minimum Gasteiger partial charge on any atom is -0.416 e. The minimum atomic E-state index is -0.248. The summed E-state index contributed by atoms with van der Waals surface area (Å²) >= 11 is 0. The van der Waals surface area contributed by atoms with E-state index in [0.717, 1.165) is 102 Å². The second-order valence-electron chi connectivity index (χ2n) is 47.0. The summed E-state index contributed by atoms with van der Waals surface area (Å²) in [6, 6.07) is 72.4. The van der Waals surface area contributed by atoms with Crippen molar-refractivity contribution in [3.8, 4) is 0 Å². The van der Waals surface area contributed by atoms with E-state index in [0.29, 0.717) is 28.2 Å². The van der Waals surface area contributed by atoms with Gasteiger partial charge < -0.3 is 24.2 Å². The zero-order chi connectivity index (χ0) is 102. The molecule has 145 heavy (non-hydrogen) atoms. The highest BCUT2D eigenvalue weighted by Crippen LogP contribution is 2.52. The quantitative estimate of drug-likeness (QED) is 0.0488. The van der Waals surface area contributed by atoms with Gasteiger partial charge in [-0.25, -0.2) is 9.59 Å². The van der Waals surface area contributed by atoms with E-state index >= 15 is 0 Å². The van der Waals surface area contributed by atoms with E-state index in [1.807, 2.05) is 40.1 Å². The normalized spacial score (nSPS) is 22.0. The molecule has 2 N–H and O–H groups in total. The Morgan fingerprint density at radius 1 is 0.317 bits per heavy atom. The number of amides is 2. The number of piperidine rings is 1. The summed E-state index contributed by atoms with van der Waals surface area (Å²) in [6.45, 7) is 34.8. The number of nitrogens with one attached hydrogen (secondary N) is 2. The molecule has 7 aliphatic carbocycles. The number of aryl methyl sites for hydroxylation is 10. The molecule has 0 bridgehead atoms. The monoisotopic (exact) mass is 1960 g/mol. The molecular weight excluding hydrogens is 1780 g/mol. The summed E-state index contributed by atoms with van der Waals surface area (Å²) in [5, 5.41) is 2.91. The Kier molecular flexibility index (Phi) is 39.0. The first-order chi connectivity index (χ1) is 70.2. The van der Waals surface area contributed by atoms with Crippen LogP contribution in [-0.4, -0.2) is 127 Å². The van der Waals surface area contributed by atoms with E-state index in [1.54, 1.807) is 44.8 Å². The fraction of sp³-hybridized carbons (Fsp3) is 0.562. The van der Waals surface area contributed by atoms with Gasteiger partial charge in [0.2, 0.25) is 17.4 Å². The molecule has 15 heteroatoms. The van der Waals surface area contributed by atoms with Crippen LogP contribution >= 0.6 is 0 Å². The summed E-state index contributed by atoms with van der Waals surface area (Å²) in [6.07, 6.45) is 64.3. The van der Waals surface area contributed by atoms with Crippen molar-refractivity contribution in [1.29, 1.82) is 0 Å². The zero-order valence-electron chi connectivity index (χ0n) is 90.9. The molecule has 10 aromatic rings. The predicted molar refractivity (Wildman–Crippen MR) is 600 cm³/mol. The number of pyridine rings is 1. The van der Waals surface area contributed by atoms with Crippen molar-refractivity contribution in [2.75, 3.05) is 52.4 Å². The first-order valence-corrected chi connectivity index (χ1v) is 57.2. The largest absolute Gasteiger partial charge is 0.418 e. The molecule has 7 heterocycles. The second kappa shape index (κ2) is 51.8. The molecule has 4 atom stereocenters. The first kappa shape index (κ1) is 109. The average molecular weight is 1960 g/mol. The molecule has 11 aliphatic rings. The molecule has 3 aromatic heterocycles. The highest BCUT2D eigenvalue weighted by molar-refractivity contribution is 5.90. The number of piperazine rings is 1. The number of nitrogens with zero attached hydrogens (tertiary/aromatic N) is 7. The van der Waals surface area contributed by atoms with Gasteiger partial charge in [-0.2, -0.15) is 0 Å². The van der Waals surface area contributed by atoms with Crippen molar-refractivity contribution in [1.82, 2.24) is 43.6 Å². The Hall–Kier alpha value is -9.93. The fourth-order valence-corrected chi connectivity index (χ4v) is 27.7. The Balaban J connectivity index is 0.000000127. The molecule has 4 unspecified atom stereocenters. The maximum Gasteiger partial charge on any atom is 0.418 e. The summed E-state index contributed by atoms with van der Waals surface area (Å²) < 4.78 is 10.1. The summed E-state index contributed by atoms with van der Waals surface area (Å²) in [5.74, 6) is 0.112. The van der Waals surface area contributed by atoms with Gasteiger partial charge in [-0.3, -0.25) is 38.2 Å². The van der Waals surface area contributed by atoms with Gasteiger partial charge in [0, 0.05) is 107 Å². The number of carbonyl (C=O) groups excluding carboxylic acids is 2. The Bertz CT molecular complexity index is 5680. The van der Waals surface area contributed by atoms with Crippen LogP contribution in [0.15, 0.2) is 250 Å². The molecule has 2 amide bonds. The number of aromatic nitrogens is 4. The third-order valence-corrected chi connectivity index (χ3v) is 37.3. The lowest BCUT2D eigenvalue weighted by Gasteiger charge is -2.41. The van der Waals surface area contributed by atoms with Crippen LogP contribution in [-0.2, 0) is 67.1 Å². The van der Waals surface area contributed by atoms with E-state index in [1.165, 1.54) is 317 Å². The molecule has 21 rings (SSSR count). The number of rotatable bonds is 28. The highest BCUT2D eigenvalue weighted by atomic mass is 16.4. The van der Waals surface area contributed by atoms with Crippen molar-refractivity contribution in [2.24, 2.45) is 0 Å². The number of hydrogen-bond acceptors (Lipinski definition) is 9. The van der Waals surface area contributed by atoms with Crippen LogP contribution in [0.1, 0.15) is 362 Å². The van der Waals surface area contributed by atoms with Crippen molar-refractivity contribution < 1.29 is 14.0 Å². The van der Waals surface area contributed by atoms with Gasteiger partial charge in [-0.05, 0) is 339 Å². The molecule has 0 radical (unpaired) electrons. The molecule has 4 aliphatic heterocycles. The van der Waals surface area contributed by atoms with Crippen LogP contribution in [0.5, 0.6) is 0 Å². The lowest BCUT2D eigenvalue weighted by atomic mass is 9.75. The van der Waals surface area contributed by atoms with E-state index in [-0.39, 0.29) is 45.1 Å². The maximum atomic E-state index is 11.9. The smallest absolute Gasteiger partial charge is 0.416 e. The number of aromatic amines is 1. The van der Waals surface area contributed by atoms with Crippen molar-refractivity contribution >= 4 is 11.8 Å². The van der Waals surface area contributed by atoms with Gasteiger partial charge >= 0.3 is 11.4 Å². The third kappa shape index (κ3) is 28.8. The maximum absolute atomic E-state index is 11.9. The first-order valence-electron chi connectivity index (χ1n) is 57.2. The fourth-order valence-electron chi connectivity index (χ4n) is 27.7. The van der Waals surface area contributed by atoms with Crippen LogP contribution in [0.25, 0.3) is 0 Å². The topological polar surface area (TPSA) is 154 Å². The Morgan fingerprint density at radius 3 is 0.910 bits per heavy atom. The van der Waals surface area contributed by atoms with Crippen LogP contribution < -0.4 is 22.3 Å². The number of H-pyrrole nitrogens is 1. The SMILES string of the molecule is Cc1ccc(C2(CCN3C(C)CCC3C)CCCC2)cc1.Cc1ccc(C2(CCN3C(C)CCCC3C)CCCC2)cc1.Cc1ccc(C2(CCN3CC=CC3=O)CCCC2)cc1.Cc1ccc(C2(CCN3CCNC(=O)C3)CCCC2)cc1.Cc1ccc(C2(CCn3cc[nH]c3=O)CCCC2)cc1.Cc1ccc(C2(CCn3ccccc3=O)CCCC2)cc1.Cc1ccc(C2(CCn3ccoc3=O)CCCC2)cc1. The van der Waals surface area contributed by atoms with Gasteiger partial charge in [-0.15, -0.1) is 0 Å². The lowest BCUT2D eigenvalue weighted by molar-refractivity contribution is -0.125. The van der Waals surface area contributed by atoms with Crippen molar-refractivity contribution in [3.05, 3.63) is 341 Å². The van der Waals surface area contributed by atoms with Crippen molar-refractivity contribution in [2.45, 2.75) is 415 Å². The molecule has 0 spiro atoms. The van der Waals surface area contributed by atoms with E-state index in [2.05, 4.69) is 271 Å². The van der Waals surface area contributed by atoms with E-state index in [9.17, 15) is 24.0 Å². The summed E-state index contributed by atoms with van der Waals surface area (Å²) in [5.41, 5.74) is 22.3. The zero-order valence-corrected chi connectivity index (χ0v) is 90.9. The van der Waals surface area contributed by atoms with Gasteiger partial charge in [0.25, 0.3) is 0 Å². The summed E-state index contributed by atoms with van der Waals surface area (Å²) in [7, 11) is 0. The second-order valence-corrected chi connectivity index (χ2v) is 47.0. The third-order valence-electron chi connectivity index (χ3n) is 37.3. The van der Waals surface area contributed by atoms with Crippen LogP contribution in [0.4, 0.5) is 0 Å². The molecule has 7 saturated carbocycles. The van der Waals surface area contributed by atoms with Gasteiger partial charge in [-0.1, -0.05) is 317 Å². The molecule has 15 nitrogen and oxygen atoms in total. The Morgan fingerprint density at radius 2 is 0.621 bits per heavy atom. The van der Waals surface area contributed by atoms with Gasteiger partial charge in [0.15, 0.2) is 0 Å². The lowest BCUT2D eigenvalue weighted by Crippen LogP contribution is -2.48.